The number of amides is 1. The molecule has 36 heavy (non-hydrogen) atoms. The maximum absolute atomic E-state index is 13.1. The highest BCUT2D eigenvalue weighted by Crippen LogP contribution is 2.27. The van der Waals surface area contributed by atoms with E-state index >= 15 is 0 Å². The van der Waals surface area contributed by atoms with Gasteiger partial charge in [0.05, 0.1) is 6.61 Å². The van der Waals surface area contributed by atoms with Crippen molar-refractivity contribution in [3.8, 4) is 5.75 Å². The molecular formula is C29H36N4O3. The number of hydrogen-bond donors (Lipinski definition) is 3. The van der Waals surface area contributed by atoms with E-state index in [1.807, 2.05) is 68.6 Å². The van der Waals surface area contributed by atoms with Crippen LogP contribution in [0.4, 0.5) is 22.7 Å². The summed E-state index contributed by atoms with van der Waals surface area (Å²) in [5.41, 5.74) is 5.30. The van der Waals surface area contributed by atoms with E-state index in [4.69, 9.17) is 9.47 Å². The number of anilines is 4. The Kier molecular flexibility index (Phi) is 8.81. The average Bonchev–Trinajstić information content (AvgIpc) is 2.90. The highest BCUT2D eigenvalue weighted by atomic mass is 16.5. The number of nitrogens with zero attached hydrogens (tertiary/aromatic N) is 1. The van der Waals surface area contributed by atoms with Crippen molar-refractivity contribution in [3.63, 3.8) is 0 Å². The van der Waals surface area contributed by atoms with Gasteiger partial charge in [0.25, 0.3) is 5.91 Å². The summed E-state index contributed by atoms with van der Waals surface area (Å²) in [5, 5.41) is 9.87. The number of likely N-dealkylation sites (N-methyl/N-ethyl adjacent to an activating group) is 1. The predicted octanol–water partition coefficient (Wildman–Crippen LogP) is 5.20. The molecule has 3 aromatic carbocycles. The van der Waals surface area contributed by atoms with Gasteiger partial charge in [0.1, 0.15) is 11.9 Å². The molecular weight excluding hydrogens is 452 g/mol. The lowest BCUT2D eigenvalue weighted by Gasteiger charge is -2.24. The molecule has 3 N–H and O–H groups in total. The van der Waals surface area contributed by atoms with Gasteiger partial charge in [-0.3, -0.25) is 4.79 Å². The zero-order chi connectivity index (χ0) is 25.3. The topological polar surface area (TPSA) is 74.9 Å². The molecule has 0 radical (unpaired) electrons. The van der Waals surface area contributed by atoms with E-state index < -0.39 is 0 Å². The van der Waals surface area contributed by atoms with Crippen LogP contribution in [0.5, 0.6) is 5.75 Å². The van der Waals surface area contributed by atoms with E-state index in [2.05, 4.69) is 33.0 Å². The van der Waals surface area contributed by atoms with Crippen LogP contribution in [-0.2, 0) is 4.74 Å². The number of piperidine rings is 1. The first-order valence-corrected chi connectivity index (χ1v) is 12.5. The van der Waals surface area contributed by atoms with Gasteiger partial charge in [-0.2, -0.15) is 0 Å². The van der Waals surface area contributed by atoms with E-state index in [1.54, 1.807) is 7.11 Å². The number of ether oxygens (including phenoxy) is 2. The fourth-order valence-electron chi connectivity index (χ4n) is 4.19. The van der Waals surface area contributed by atoms with Crippen LogP contribution in [-0.4, -0.2) is 52.4 Å². The molecule has 7 heteroatoms. The number of carbonyl (C=O) groups is 1. The number of carbonyl (C=O) groups excluding carboxylic acids is 1. The smallest absolute Gasteiger partial charge is 0.255 e. The third-order valence-electron chi connectivity index (χ3n) is 6.38. The zero-order valence-electron chi connectivity index (χ0n) is 21.3. The fraction of sp³-hybridized carbons (Fsp3) is 0.345. The number of rotatable bonds is 10. The van der Waals surface area contributed by atoms with Crippen LogP contribution < -0.4 is 25.6 Å². The van der Waals surface area contributed by atoms with Gasteiger partial charge in [0.2, 0.25) is 0 Å². The molecule has 0 saturated carbocycles. The number of aryl methyl sites for hydroxylation is 1. The molecule has 0 spiro atoms. The lowest BCUT2D eigenvalue weighted by Crippen LogP contribution is -2.34. The van der Waals surface area contributed by atoms with Crippen LogP contribution in [0, 0.1) is 6.92 Å². The van der Waals surface area contributed by atoms with Crippen molar-refractivity contribution in [3.05, 3.63) is 77.9 Å². The second-order valence-corrected chi connectivity index (χ2v) is 9.17. The Morgan fingerprint density at radius 1 is 1.03 bits per heavy atom. The molecule has 0 aromatic heterocycles. The van der Waals surface area contributed by atoms with E-state index in [-0.39, 0.29) is 12.0 Å². The molecule has 1 aliphatic rings. The van der Waals surface area contributed by atoms with Crippen molar-refractivity contribution in [2.24, 2.45) is 0 Å². The first-order chi connectivity index (χ1) is 17.5. The highest BCUT2D eigenvalue weighted by Gasteiger charge is 2.16. The summed E-state index contributed by atoms with van der Waals surface area (Å²) in [7, 11) is 3.75. The van der Waals surface area contributed by atoms with Crippen molar-refractivity contribution in [1.82, 2.24) is 5.32 Å². The third-order valence-corrected chi connectivity index (χ3v) is 6.38. The minimum absolute atomic E-state index is 0.159. The van der Waals surface area contributed by atoms with Crippen LogP contribution in [0.25, 0.3) is 0 Å². The van der Waals surface area contributed by atoms with Crippen LogP contribution in [0.2, 0.25) is 0 Å². The maximum atomic E-state index is 13.1. The SMILES string of the molecule is COCCN(C)c1cccc(Nc2ccc(C)c(NC(=O)c3cccc(OC4CCNCC4)c3)c2)c1. The highest BCUT2D eigenvalue weighted by molar-refractivity contribution is 6.05. The molecule has 1 amide bonds. The van der Waals surface area contributed by atoms with Crippen molar-refractivity contribution < 1.29 is 14.3 Å². The summed E-state index contributed by atoms with van der Waals surface area (Å²) in [6, 6.07) is 21.6. The summed E-state index contributed by atoms with van der Waals surface area (Å²) >= 11 is 0. The van der Waals surface area contributed by atoms with Gasteiger partial charge in [-0.05, 0) is 86.9 Å². The van der Waals surface area contributed by atoms with Gasteiger partial charge < -0.3 is 30.3 Å². The number of methoxy groups -OCH3 is 1. The Hall–Kier alpha value is -3.55. The lowest BCUT2D eigenvalue weighted by molar-refractivity contribution is 0.102. The summed E-state index contributed by atoms with van der Waals surface area (Å²) < 4.78 is 11.3. The molecule has 0 atom stereocenters. The summed E-state index contributed by atoms with van der Waals surface area (Å²) in [4.78, 5) is 15.2. The van der Waals surface area contributed by atoms with E-state index in [9.17, 15) is 4.79 Å². The molecule has 0 unspecified atom stereocenters. The van der Waals surface area contributed by atoms with Gasteiger partial charge in [-0.15, -0.1) is 0 Å². The molecule has 1 fully saturated rings. The van der Waals surface area contributed by atoms with Crippen LogP contribution in [0.1, 0.15) is 28.8 Å². The predicted molar refractivity (Wildman–Crippen MR) is 147 cm³/mol. The summed E-state index contributed by atoms with van der Waals surface area (Å²) in [6.45, 7) is 5.39. The Morgan fingerprint density at radius 2 is 1.81 bits per heavy atom. The van der Waals surface area contributed by atoms with Gasteiger partial charge in [-0.1, -0.05) is 18.2 Å². The molecule has 0 bridgehead atoms. The second kappa shape index (κ2) is 12.4. The largest absolute Gasteiger partial charge is 0.490 e. The van der Waals surface area contributed by atoms with Crippen molar-refractivity contribution in [2.45, 2.75) is 25.9 Å². The van der Waals surface area contributed by atoms with E-state index in [1.165, 1.54) is 0 Å². The van der Waals surface area contributed by atoms with Crippen LogP contribution >= 0.6 is 0 Å². The zero-order valence-corrected chi connectivity index (χ0v) is 21.3. The van der Waals surface area contributed by atoms with Gasteiger partial charge in [-0.25, -0.2) is 0 Å². The van der Waals surface area contributed by atoms with Crippen molar-refractivity contribution in [2.75, 3.05) is 55.9 Å². The first kappa shape index (κ1) is 25.5. The molecule has 1 aliphatic heterocycles. The minimum atomic E-state index is -0.159. The van der Waals surface area contributed by atoms with Crippen molar-refractivity contribution >= 4 is 28.7 Å². The maximum Gasteiger partial charge on any atom is 0.255 e. The van der Waals surface area contributed by atoms with Gasteiger partial charge >= 0.3 is 0 Å². The molecule has 7 nitrogen and oxygen atoms in total. The molecule has 4 rings (SSSR count). The molecule has 3 aromatic rings. The second-order valence-electron chi connectivity index (χ2n) is 9.17. The summed E-state index contributed by atoms with van der Waals surface area (Å²) in [5.74, 6) is 0.574. The number of nitrogens with one attached hydrogen (secondary N) is 3. The Bertz CT molecular complexity index is 1160. The Balaban J connectivity index is 1.43. The van der Waals surface area contributed by atoms with Crippen LogP contribution in [0.15, 0.2) is 66.7 Å². The molecule has 0 aliphatic carbocycles. The molecule has 1 heterocycles. The Labute approximate surface area is 213 Å². The number of hydrogen-bond acceptors (Lipinski definition) is 6. The normalized spacial score (nSPS) is 13.8. The number of benzene rings is 3. The third kappa shape index (κ3) is 6.99. The minimum Gasteiger partial charge on any atom is -0.490 e. The van der Waals surface area contributed by atoms with Crippen LogP contribution in [0.3, 0.4) is 0 Å². The molecule has 190 valence electrons. The van der Waals surface area contributed by atoms with Gasteiger partial charge in [0.15, 0.2) is 0 Å². The standard InChI is InChI=1S/C29H36N4O3/c1-21-10-11-24(31-23-7-5-8-25(19-23)33(2)16-17-35-3)20-28(21)32-29(34)22-6-4-9-27(18-22)36-26-12-14-30-15-13-26/h4-11,18-20,26,30-31H,12-17H2,1-3H3,(H,32,34). The Morgan fingerprint density at radius 3 is 2.61 bits per heavy atom. The van der Waals surface area contributed by atoms with E-state index in [0.29, 0.717) is 12.2 Å². The van der Waals surface area contributed by atoms with Crippen molar-refractivity contribution in [1.29, 1.82) is 0 Å². The molecule has 1 saturated heterocycles. The fourth-order valence-corrected chi connectivity index (χ4v) is 4.19. The lowest BCUT2D eigenvalue weighted by atomic mass is 10.1. The monoisotopic (exact) mass is 488 g/mol. The first-order valence-electron chi connectivity index (χ1n) is 12.5. The summed E-state index contributed by atoms with van der Waals surface area (Å²) in [6.07, 6.45) is 2.14. The average molecular weight is 489 g/mol. The van der Waals surface area contributed by atoms with Gasteiger partial charge in [0, 0.05) is 49.0 Å². The van der Waals surface area contributed by atoms with E-state index in [0.717, 1.165) is 66.5 Å². The quantitative estimate of drug-likeness (QED) is 0.364.